The van der Waals surface area contributed by atoms with Crippen molar-refractivity contribution in [1.29, 1.82) is 0 Å². The summed E-state index contributed by atoms with van der Waals surface area (Å²) >= 11 is 0. The second-order valence-corrected chi connectivity index (χ2v) is 5.19. The molecule has 0 spiro atoms. The maximum absolute atomic E-state index is 3.53. The molecule has 1 atom stereocenters. The van der Waals surface area contributed by atoms with Crippen LogP contribution < -0.4 is 10.6 Å². The SMILES string of the molecule is CCCC(C)Nc1ccc(CNC2CC2)cc1. The second kappa shape index (κ2) is 6.06. The Hall–Kier alpha value is -1.02. The molecule has 0 radical (unpaired) electrons. The molecular weight excluding hydrogens is 208 g/mol. The molecule has 0 amide bonds. The molecule has 1 unspecified atom stereocenters. The van der Waals surface area contributed by atoms with Crippen LogP contribution in [0.4, 0.5) is 5.69 Å². The van der Waals surface area contributed by atoms with E-state index in [0.29, 0.717) is 6.04 Å². The summed E-state index contributed by atoms with van der Waals surface area (Å²) in [7, 11) is 0. The summed E-state index contributed by atoms with van der Waals surface area (Å²) in [5.74, 6) is 0. The summed E-state index contributed by atoms with van der Waals surface area (Å²) in [4.78, 5) is 0. The van der Waals surface area contributed by atoms with E-state index in [1.54, 1.807) is 0 Å². The van der Waals surface area contributed by atoms with E-state index in [0.717, 1.165) is 12.6 Å². The first kappa shape index (κ1) is 12.4. The number of hydrogen-bond acceptors (Lipinski definition) is 2. The molecule has 0 saturated heterocycles. The van der Waals surface area contributed by atoms with Gasteiger partial charge in [-0.05, 0) is 43.9 Å². The fourth-order valence-corrected chi connectivity index (χ4v) is 2.06. The van der Waals surface area contributed by atoms with Gasteiger partial charge in [0.15, 0.2) is 0 Å². The lowest BCUT2D eigenvalue weighted by atomic mass is 10.1. The predicted molar refractivity (Wildman–Crippen MR) is 74.3 cm³/mol. The molecule has 1 saturated carbocycles. The Morgan fingerprint density at radius 3 is 2.53 bits per heavy atom. The Balaban J connectivity index is 1.79. The molecule has 1 aliphatic rings. The van der Waals surface area contributed by atoms with Gasteiger partial charge < -0.3 is 10.6 Å². The predicted octanol–water partition coefficient (Wildman–Crippen LogP) is 3.54. The van der Waals surface area contributed by atoms with Gasteiger partial charge in [0.2, 0.25) is 0 Å². The van der Waals surface area contributed by atoms with Crippen LogP contribution in [0.25, 0.3) is 0 Å². The van der Waals surface area contributed by atoms with Crippen LogP contribution in [0.5, 0.6) is 0 Å². The third kappa shape index (κ3) is 4.39. The van der Waals surface area contributed by atoms with Crippen LogP contribution in [-0.4, -0.2) is 12.1 Å². The monoisotopic (exact) mass is 232 g/mol. The van der Waals surface area contributed by atoms with Crippen LogP contribution in [0.3, 0.4) is 0 Å². The molecule has 0 bridgehead atoms. The molecule has 94 valence electrons. The highest BCUT2D eigenvalue weighted by Crippen LogP contribution is 2.19. The van der Waals surface area contributed by atoms with Gasteiger partial charge in [0.1, 0.15) is 0 Å². The largest absolute Gasteiger partial charge is 0.383 e. The van der Waals surface area contributed by atoms with Crippen molar-refractivity contribution in [3.05, 3.63) is 29.8 Å². The van der Waals surface area contributed by atoms with Crippen molar-refractivity contribution in [3.8, 4) is 0 Å². The topological polar surface area (TPSA) is 24.1 Å². The van der Waals surface area contributed by atoms with Gasteiger partial charge in [-0.25, -0.2) is 0 Å². The molecule has 0 aliphatic heterocycles. The van der Waals surface area contributed by atoms with Gasteiger partial charge in [0, 0.05) is 24.3 Å². The van der Waals surface area contributed by atoms with Gasteiger partial charge in [0.05, 0.1) is 0 Å². The maximum Gasteiger partial charge on any atom is 0.0342 e. The molecule has 1 aliphatic carbocycles. The summed E-state index contributed by atoms with van der Waals surface area (Å²) in [6, 6.07) is 10.2. The normalized spacial score (nSPS) is 16.8. The Morgan fingerprint density at radius 2 is 1.94 bits per heavy atom. The maximum atomic E-state index is 3.53. The number of hydrogen-bond donors (Lipinski definition) is 2. The zero-order chi connectivity index (χ0) is 12.1. The molecule has 0 aromatic heterocycles. The molecule has 1 aromatic carbocycles. The van der Waals surface area contributed by atoms with Crippen molar-refractivity contribution in [2.24, 2.45) is 0 Å². The fourth-order valence-electron chi connectivity index (χ4n) is 2.06. The smallest absolute Gasteiger partial charge is 0.0342 e. The van der Waals surface area contributed by atoms with E-state index < -0.39 is 0 Å². The van der Waals surface area contributed by atoms with Gasteiger partial charge in [-0.2, -0.15) is 0 Å². The first-order valence-corrected chi connectivity index (χ1v) is 6.87. The first-order valence-electron chi connectivity index (χ1n) is 6.87. The number of benzene rings is 1. The van der Waals surface area contributed by atoms with Crippen molar-refractivity contribution in [2.75, 3.05) is 5.32 Å². The summed E-state index contributed by atoms with van der Waals surface area (Å²) < 4.78 is 0. The molecule has 2 nitrogen and oxygen atoms in total. The summed E-state index contributed by atoms with van der Waals surface area (Å²) in [5.41, 5.74) is 2.62. The minimum absolute atomic E-state index is 0.565. The van der Waals surface area contributed by atoms with Crippen LogP contribution >= 0.6 is 0 Å². The van der Waals surface area contributed by atoms with E-state index in [-0.39, 0.29) is 0 Å². The van der Waals surface area contributed by atoms with Crippen LogP contribution in [-0.2, 0) is 6.54 Å². The van der Waals surface area contributed by atoms with Crippen molar-refractivity contribution in [2.45, 2.75) is 58.2 Å². The average Bonchev–Trinajstić information content (AvgIpc) is 3.12. The average molecular weight is 232 g/mol. The minimum Gasteiger partial charge on any atom is -0.383 e. The lowest BCUT2D eigenvalue weighted by Crippen LogP contribution is -2.16. The molecule has 2 rings (SSSR count). The Kier molecular flexibility index (Phi) is 4.43. The Bertz CT molecular complexity index is 327. The standard InChI is InChI=1S/C15H24N2/c1-3-4-12(2)17-15-7-5-13(6-8-15)11-16-14-9-10-14/h5-8,12,14,16-17H,3-4,9-11H2,1-2H3. The molecule has 1 aromatic rings. The highest BCUT2D eigenvalue weighted by Gasteiger charge is 2.19. The van der Waals surface area contributed by atoms with Gasteiger partial charge in [-0.15, -0.1) is 0 Å². The van der Waals surface area contributed by atoms with E-state index in [1.807, 2.05) is 0 Å². The highest BCUT2D eigenvalue weighted by atomic mass is 14.9. The van der Waals surface area contributed by atoms with Crippen LogP contribution in [0, 0.1) is 0 Å². The minimum atomic E-state index is 0.565. The molecule has 1 fully saturated rings. The van der Waals surface area contributed by atoms with E-state index in [2.05, 4.69) is 48.7 Å². The summed E-state index contributed by atoms with van der Waals surface area (Å²) in [5, 5.41) is 7.06. The number of nitrogens with one attached hydrogen (secondary N) is 2. The van der Waals surface area contributed by atoms with E-state index in [9.17, 15) is 0 Å². The summed E-state index contributed by atoms with van der Waals surface area (Å²) in [6.45, 7) is 5.48. The Labute approximate surface area is 105 Å². The van der Waals surface area contributed by atoms with E-state index in [4.69, 9.17) is 0 Å². The van der Waals surface area contributed by atoms with Crippen LogP contribution in [0.2, 0.25) is 0 Å². The molecule has 2 N–H and O–H groups in total. The van der Waals surface area contributed by atoms with Gasteiger partial charge >= 0.3 is 0 Å². The van der Waals surface area contributed by atoms with Crippen molar-refractivity contribution in [1.82, 2.24) is 5.32 Å². The number of anilines is 1. The first-order chi connectivity index (χ1) is 8.28. The quantitative estimate of drug-likeness (QED) is 0.751. The van der Waals surface area contributed by atoms with Crippen molar-refractivity contribution in [3.63, 3.8) is 0 Å². The molecule has 2 heteroatoms. The molecular formula is C15H24N2. The zero-order valence-electron chi connectivity index (χ0n) is 11.0. The summed E-state index contributed by atoms with van der Waals surface area (Å²) in [6.07, 6.45) is 5.17. The lowest BCUT2D eigenvalue weighted by molar-refractivity contribution is 0.685. The molecule has 17 heavy (non-hydrogen) atoms. The van der Waals surface area contributed by atoms with Crippen LogP contribution in [0.1, 0.15) is 45.1 Å². The van der Waals surface area contributed by atoms with E-state index >= 15 is 0 Å². The third-order valence-corrected chi connectivity index (χ3v) is 3.26. The van der Waals surface area contributed by atoms with Crippen molar-refractivity contribution < 1.29 is 0 Å². The van der Waals surface area contributed by atoms with Gasteiger partial charge in [0.25, 0.3) is 0 Å². The third-order valence-electron chi connectivity index (χ3n) is 3.26. The van der Waals surface area contributed by atoms with Gasteiger partial charge in [-0.3, -0.25) is 0 Å². The lowest BCUT2D eigenvalue weighted by Gasteiger charge is -2.14. The fraction of sp³-hybridized carbons (Fsp3) is 0.600. The second-order valence-electron chi connectivity index (χ2n) is 5.19. The molecule has 0 heterocycles. The zero-order valence-corrected chi connectivity index (χ0v) is 11.0. The van der Waals surface area contributed by atoms with Crippen LogP contribution in [0.15, 0.2) is 24.3 Å². The van der Waals surface area contributed by atoms with Gasteiger partial charge in [-0.1, -0.05) is 25.5 Å². The highest BCUT2D eigenvalue weighted by molar-refractivity contribution is 5.45. The number of rotatable bonds is 7. The van der Waals surface area contributed by atoms with E-state index in [1.165, 1.54) is 36.9 Å². The Morgan fingerprint density at radius 1 is 1.24 bits per heavy atom. The van der Waals surface area contributed by atoms with Crippen molar-refractivity contribution >= 4 is 5.69 Å².